The lowest BCUT2D eigenvalue weighted by Gasteiger charge is -2.50. The molecule has 7 atom stereocenters. The van der Waals surface area contributed by atoms with E-state index in [4.69, 9.17) is 14.2 Å². The third kappa shape index (κ3) is 3.56. The maximum atomic E-state index is 10.9. The molecule has 29 heavy (non-hydrogen) atoms. The number of hydrogen-bond donors (Lipinski definition) is 1. The molecule has 0 aliphatic heterocycles. The van der Waals surface area contributed by atoms with E-state index in [1.54, 1.807) is 20.3 Å². The van der Waals surface area contributed by atoms with Gasteiger partial charge in [0.25, 0.3) is 0 Å². The van der Waals surface area contributed by atoms with Gasteiger partial charge in [-0.2, -0.15) is 0 Å². The average Bonchev–Trinajstić information content (AvgIpc) is 2.76. The predicted octanol–water partition coefficient (Wildman–Crippen LogP) is 4.35. The Labute approximate surface area is 174 Å². The smallest absolute Gasteiger partial charge is 0.230 e. The maximum Gasteiger partial charge on any atom is 0.230 e. The highest BCUT2D eigenvalue weighted by molar-refractivity contribution is 5.24. The molecule has 4 aliphatic carbocycles. The summed E-state index contributed by atoms with van der Waals surface area (Å²) in [5.74, 6) is 1.74. The summed E-state index contributed by atoms with van der Waals surface area (Å²) in [6, 6.07) is 10.3. The minimum absolute atomic E-state index is 0.0245. The molecule has 5 rings (SSSR count). The first kappa shape index (κ1) is 20.6. The van der Waals surface area contributed by atoms with Gasteiger partial charge in [-0.3, -0.25) is 0 Å². The van der Waals surface area contributed by atoms with Crippen LogP contribution in [-0.4, -0.2) is 37.8 Å². The van der Waals surface area contributed by atoms with E-state index in [2.05, 4.69) is 32.1 Å². The van der Waals surface area contributed by atoms with Gasteiger partial charge in [0.15, 0.2) is 5.76 Å². The Kier molecular flexibility index (Phi) is 5.87. The van der Waals surface area contributed by atoms with E-state index in [9.17, 15) is 5.11 Å². The number of aliphatic hydroxyl groups excluding tert-OH is 1. The van der Waals surface area contributed by atoms with Gasteiger partial charge in [-0.15, -0.1) is 0 Å². The van der Waals surface area contributed by atoms with Gasteiger partial charge < -0.3 is 19.3 Å². The summed E-state index contributed by atoms with van der Waals surface area (Å²) in [6.45, 7) is 5.01. The first-order valence-electron chi connectivity index (χ1n) is 10.9. The van der Waals surface area contributed by atoms with Crippen molar-refractivity contribution >= 4 is 0 Å². The van der Waals surface area contributed by atoms with Crippen LogP contribution in [0.25, 0.3) is 0 Å². The normalized spacial score (nSPS) is 38.7. The second kappa shape index (κ2) is 8.25. The highest BCUT2D eigenvalue weighted by Gasteiger charge is 2.52. The van der Waals surface area contributed by atoms with Crippen molar-refractivity contribution in [2.45, 2.75) is 45.0 Å². The molecular weight excluding hydrogens is 364 g/mol. The summed E-state index contributed by atoms with van der Waals surface area (Å²) < 4.78 is 18.2. The molecule has 0 radical (unpaired) electrons. The van der Waals surface area contributed by atoms with Crippen molar-refractivity contribution in [3.05, 3.63) is 59.4 Å². The summed E-state index contributed by atoms with van der Waals surface area (Å²) in [7, 11) is 3.30. The molecular formula is C25H34O4. The van der Waals surface area contributed by atoms with Crippen molar-refractivity contribution < 1.29 is 19.3 Å². The van der Waals surface area contributed by atoms with E-state index < -0.39 is 11.9 Å². The largest absolute Gasteiger partial charge is 0.496 e. The third-order valence-corrected chi connectivity index (χ3v) is 7.73. The molecule has 0 heterocycles. The molecule has 0 aromatic heterocycles. The van der Waals surface area contributed by atoms with E-state index in [1.807, 2.05) is 18.2 Å². The average molecular weight is 399 g/mol. The van der Waals surface area contributed by atoms with E-state index in [1.165, 1.54) is 17.6 Å². The van der Waals surface area contributed by atoms with Gasteiger partial charge in [0.1, 0.15) is 0 Å². The number of aliphatic hydroxyl groups is 1. The topological polar surface area (TPSA) is 47.9 Å². The molecule has 1 aromatic rings. The summed E-state index contributed by atoms with van der Waals surface area (Å²) in [5, 5.41) is 10.9. The summed E-state index contributed by atoms with van der Waals surface area (Å²) in [4.78, 5) is 0. The Morgan fingerprint density at radius 2 is 1.90 bits per heavy atom. The third-order valence-electron chi connectivity index (χ3n) is 7.73. The fourth-order valence-corrected chi connectivity index (χ4v) is 5.64. The Hall–Kier alpha value is -1.62. The van der Waals surface area contributed by atoms with E-state index in [-0.39, 0.29) is 11.8 Å². The predicted molar refractivity (Wildman–Crippen MR) is 113 cm³/mol. The number of benzene rings is 1. The second-order valence-electron chi connectivity index (χ2n) is 9.00. The van der Waals surface area contributed by atoms with E-state index in [0.29, 0.717) is 18.3 Å². The molecule has 2 bridgehead atoms. The molecule has 1 aromatic carbocycles. The lowest BCUT2D eigenvalue weighted by atomic mass is 9.58. The van der Waals surface area contributed by atoms with E-state index in [0.717, 1.165) is 24.7 Å². The van der Waals surface area contributed by atoms with Gasteiger partial charge in [0.05, 0.1) is 19.8 Å². The molecule has 4 nitrogen and oxygen atoms in total. The second-order valence-corrected chi connectivity index (χ2v) is 9.00. The summed E-state index contributed by atoms with van der Waals surface area (Å²) >= 11 is 0. The van der Waals surface area contributed by atoms with Gasteiger partial charge in [0.2, 0.25) is 5.79 Å². The fraction of sp³-hybridized carbons (Fsp3) is 0.600. The summed E-state index contributed by atoms with van der Waals surface area (Å²) in [6.07, 6.45) is 6.74. The first-order chi connectivity index (χ1) is 14.0. The number of hydrogen-bond acceptors (Lipinski definition) is 4. The lowest BCUT2D eigenvalue weighted by molar-refractivity contribution is -0.260. The van der Waals surface area contributed by atoms with Crippen LogP contribution in [0.5, 0.6) is 0 Å². The maximum absolute atomic E-state index is 10.9. The van der Waals surface area contributed by atoms with Crippen LogP contribution in [0.1, 0.15) is 32.3 Å². The van der Waals surface area contributed by atoms with Gasteiger partial charge in [-0.1, -0.05) is 50.3 Å². The Bertz CT molecular complexity index is 770. The molecule has 0 spiro atoms. The van der Waals surface area contributed by atoms with Gasteiger partial charge in [-0.25, -0.2) is 0 Å². The molecule has 7 unspecified atom stereocenters. The first-order valence-corrected chi connectivity index (χ1v) is 10.9. The Balaban J connectivity index is 1.57. The fourth-order valence-electron chi connectivity index (χ4n) is 5.64. The SMILES string of the molecule is COC1=CC(O)C(Cc2ccccc2)C(C)C1(OC)OCC1=CCC2CC1C2C. The molecule has 4 heteroatoms. The lowest BCUT2D eigenvalue weighted by Crippen LogP contribution is -2.54. The van der Waals surface area contributed by atoms with Crippen molar-refractivity contribution in [1.82, 2.24) is 0 Å². The van der Waals surface area contributed by atoms with Crippen LogP contribution in [-0.2, 0) is 20.6 Å². The van der Waals surface area contributed by atoms with Crippen LogP contribution >= 0.6 is 0 Å². The van der Waals surface area contributed by atoms with Gasteiger partial charge >= 0.3 is 0 Å². The summed E-state index contributed by atoms with van der Waals surface area (Å²) in [5.41, 5.74) is 2.59. The van der Waals surface area contributed by atoms with Crippen molar-refractivity contribution in [3.63, 3.8) is 0 Å². The zero-order valence-corrected chi connectivity index (χ0v) is 18.0. The molecule has 0 saturated heterocycles. The minimum Gasteiger partial charge on any atom is -0.496 e. The minimum atomic E-state index is -0.988. The zero-order chi connectivity index (χ0) is 20.6. The zero-order valence-electron chi connectivity index (χ0n) is 18.0. The number of ether oxygens (including phenoxy) is 3. The molecule has 4 aliphatic rings. The number of rotatable bonds is 7. The number of methoxy groups -OCH3 is 2. The van der Waals surface area contributed by atoms with Crippen LogP contribution in [0.3, 0.4) is 0 Å². The molecule has 158 valence electrons. The number of fused-ring (bicyclic) bond motifs is 1. The van der Waals surface area contributed by atoms with Crippen molar-refractivity contribution in [2.75, 3.05) is 20.8 Å². The van der Waals surface area contributed by atoms with Crippen LogP contribution in [0.4, 0.5) is 0 Å². The van der Waals surface area contributed by atoms with Crippen LogP contribution in [0.15, 0.2) is 53.8 Å². The van der Waals surface area contributed by atoms with E-state index >= 15 is 0 Å². The highest BCUT2D eigenvalue weighted by atomic mass is 16.7. The Morgan fingerprint density at radius 3 is 2.52 bits per heavy atom. The number of allylic oxidation sites excluding steroid dienone is 1. The quantitative estimate of drug-likeness (QED) is 0.548. The molecule has 1 saturated carbocycles. The van der Waals surface area contributed by atoms with Crippen LogP contribution < -0.4 is 0 Å². The molecule has 1 N–H and O–H groups in total. The molecule has 1 fully saturated rings. The van der Waals surface area contributed by atoms with Crippen molar-refractivity contribution in [3.8, 4) is 0 Å². The standard InChI is InChI=1S/C25H34O4/c1-16-19-10-11-20(21(16)13-19)15-29-25(28-4)17(2)22(23(26)14-24(25)27-3)12-18-8-6-5-7-9-18/h5-9,11,14,16-17,19,21-23,26H,10,12-13,15H2,1-4H3. The Morgan fingerprint density at radius 1 is 1.14 bits per heavy atom. The van der Waals surface area contributed by atoms with Crippen LogP contribution in [0, 0.1) is 29.6 Å². The molecule has 0 amide bonds. The van der Waals surface area contributed by atoms with Gasteiger partial charge in [0, 0.05) is 18.9 Å². The van der Waals surface area contributed by atoms with Crippen LogP contribution in [0.2, 0.25) is 0 Å². The van der Waals surface area contributed by atoms with Gasteiger partial charge in [-0.05, 0) is 54.2 Å². The monoisotopic (exact) mass is 398 g/mol. The highest BCUT2D eigenvalue weighted by Crippen LogP contribution is 2.51. The van der Waals surface area contributed by atoms with Crippen molar-refractivity contribution in [2.24, 2.45) is 29.6 Å². The van der Waals surface area contributed by atoms with Crippen molar-refractivity contribution in [1.29, 1.82) is 0 Å².